The van der Waals surface area contributed by atoms with E-state index in [1.807, 2.05) is 48.7 Å². The zero-order valence-corrected chi connectivity index (χ0v) is 17.5. The van der Waals surface area contributed by atoms with Gasteiger partial charge >= 0.3 is 0 Å². The van der Waals surface area contributed by atoms with Gasteiger partial charge < -0.3 is 16.0 Å². The van der Waals surface area contributed by atoms with Crippen molar-refractivity contribution in [1.29, 1.82) is 0 Å². The van der Waals surface area contributed by atoms with Crippen LogP contribution in [0.15, 0.2) is 73.3 Å². The molecule has 9 heteroatoms. The summed E-state index contributed by atoms with van der Waals surface area (Å²) in [5, 5.41) is 8.95. The molecule has 4 rings (SSSR count). The van der Waals surface area contributed by atoms with Gasteiger partial charge in [0.05, 0.1) is 0 Å². The molecule has 0 fully saturated rings. The number of rotatable bonds is 8. The van der Waals surface area contributed by atoms with Gasteiger partial charge in [-0.3, -0.25) is 9.78 Å². The van der Waals surface area contributed by atoms with Crippen molar-refractivity contribution < 1.29 is 4.79 Å². The topological polar surface area (TPSA) is 118 Å². The molecule has 3 N–H and O–H groups in total. The average molecular weight is 426 g/mol. The number of carbonyl (C=O) groups is 1. The maximum Gasteiger partial charge on any atom is 0.256 e. The summed E-state index contributed by atoms with van der Waals surface area (Å²) in [4.78, 5) is 34.1. The Balaban J connectivity index is 1.53. The van der Waals surface area contributed by atoms with E-state index >= 15 is 0 Å². The molecule has 0 aliphatic rings. The van der Waals surface area contributed by atoms with Gasteiger partial charge in [-0.2, -0.15) is 4.98 Å². The lowest BCUT2D eigenvalue weighted by Crippen LogP contribution is -2.20. The van der Waals surface area contributed by atoms with Gasteiger partial charge in [0, 0.05) is 43.9 Å². The van der Waals surface area contributed by atoms with Crippen molar-refractivity contribution in [3.8, 4) is 11.4 Å². The second kappa shape index (κ2) is 10.1. The number of hydrogen-bond acceptors (Lipinski definition) is 8. The van der Waals surface area contributed by atoms with Crippen LogP contribution in [0.1, 0.15) is 15.9 Å². The van der Waals surface area contributed by atoms with E-state index < -0.39 is 0 Å². The fourth-order valence-corrected chi connectivity index (χ4v) is 3.00. The SMILES string of the molecule is CNC(=O)c1cnc(-c2ccccc2)nc1Nc1ccnc(NCCc2cccnc2)n1. The van der Waals surface area contributed by atoms with Crippen molar-refractivity contribution in [3.63, 3.8) is 0 Å². The lowest BCUT2D eigenvalue weighted by molar-refractivity contribution is 0.0963. The first-order valence-electron chi connectivity index (χ1n) is 10.1. The Morgan fingerprint density at radius 2 is 1.81 bits per heavy atom. The van der Waals surface area contributed by atoms with E-state index in [1.165, 1.54) is 6.20 Å². The quantitative estimate of drug-likeness (QED) is 0.393. The Morgan fingerprint density at radius 3 is 2.59 bits per heavy atom. The lowest BCUT2D eigenvalue weighted by Gasteiger charge is -2.12. The minimum atomic E-state index is -0.295. The first-order chi connectivity index (χ1) is 15.7. The first-order valence-corrected chi connectivity index (χ1v) is 10.1. The summed E-state index contributed by atoms with van der Waals surface area (Å²) in [5.41, 5.74) is 2.29. The Hall–Kier alpha value is -4.40. The van der Waals surface area contributed by atoms with Gasteiger partial charge in [-0.15, -0.1) is 0 Å². The van der Waals surface area contributed by atoms with Crippen LogP contribution in [0.2, 0.25) is 0 Å². The number of hydrogen-bond donors (Lipinski definition) is 3. The number of pyridine rings is 1. The van der Waals surface area contributed by atoms with Crippen molar-refractivity contribution in [1.82, 2.24) is 30.2 Å². The van der Waals surface area contributed by atoms with Crippen molar-refractivity contribution in [2.75, 3.05) is 24.2 Å². The highest BCUT2D eigenvalue weighted by Gasteiger charge is 2.15. The molecule has 0 aliphatic carbocycles. The first kappa shape index (κ1) is 20.9. The van der Waals surface area contributed by atoms with Gasteiger partial charge in [0.1, 0.15) is 17.2 Å². The van der Waals surface area contributed by atoms with Crippen molar-refractivity contribution in [2.24, 2.45) is 0 Å². The third kappa shape index (κ3) is 5.20. The van der Waals surface area contributed by atoms with Crippen LogP contribution in [0, 0.1) is 0 Å². The predicted octanol–water partition coefficient (Wildman–Crippen LogP) is 3.09. The monoisotopic (exact) mass is 426 g/mol. The fourth-order valence-electron chi connectivity index (χ4n) is 3.00. The number of anilines is 3. The zero-order valence-electron chi connectivity index (χ0n) is 17.5. The summed E-state index contributed by atoms with van der Waals surface area (Å²) in [6, 6.07) is 15.2. The third-order valence-electron chi connectivity index (χ3n) is 4.61. The Bertz CT molecular complexity index is 1190. The maximum atomic E-state index is 12.3. The van der Waals surface area contributed by atoms with Crippen LogP contribution in [-0.4, -0.2) is 44.4 Å². The molecule has 9 nitrogen and oxygen atoms in total. The molecule has 0 saturated carbocycles. The molecule has 0 bridgehead atoms. The third-order valence-corrected chi connectivity index (χ3v) is 4.61. The number of benzene rings is 1. The zero-order chi connectivity index (χ0) is 22.2. The molecular formula is C23H22N8O. The molecule has 32 heavy (non-hydrogen) atoms. The van der Waals surface area contributed by atoms with Gasteiger partial charge in [-0.05, 0) is 24.1 Å². The normalized spacial score (nSPS) is 10.4. The largest absolute Gasteiger partial charge is 0.355 e. The molecule has 3 aromatic heterocycles. The van der Waals surface area contributed by atoms with Crippen LogP contribution in [0.5, 0.6) is 0 Å². The van der Waals surface area contributed by atoms with Crippen LogP contribution >= 0.6 is 0 Å². The number of carbonyl (C=O) groups excluding carboxylic acids is 1. The summed E-state index contributed by atoms with van der Waals surface area (Å²) in [6.07, 6.45) is 7.52. The van der Waals surface area contributed by atoms with E-state index in [1.54, 1.807) is 25.5 Å². The number of aromatic nitrogens is 5. The van der Waals surface area contributed by atoms with E-state index in [0.29, 0.717) is 35.5 Å². The summed E-state index contributed by atoms with van der Waals surface area (Å²) in [5.74, 6) is 1.54. The van der Waals surface area contributed by atoms with Gasteiger partial charge in [-0.1, -0.05) is 36.4 Å². The molecule has 1 amide bonds. The summed E-state index contributed by atoms with van der Waals surface area (Å²) < 4.78 is 0. The van der Waals surface area contributed by atoms with E-state index in [-0.39, 0.29) is 5.91 Å². The van der Waals surface area contributed by atoms with Gasteiger partial charge in [0.2, 0.25) is 5.95 Å². The molecular weight excluding hydrogens is 404 g/mol. The number of nitrogens with one attached hydrogen (secondary N) is 3. The summed E-state index contributed by atoms with van der Waals surface area (Å²) in [7, 11) is 1.56. The highest BCUT2D eigenvalue weighted by Crippen LogP contribution is 2.22. The summed E-state index contributed by atoms with van der Waals surface area (Å²) >= 11 is 0. The van der Waals surface area contributed by atoms with E-state index in [2.05, 4.69) is 40.9 Å². The van der Waals surface area contributed by atoms with E-state index in [0.717, 1.165) is 17.5 Å². The van der Waals surface area contributed by atoms with Gasteiger partial charge in [-0.25, -0.2) is 15.0 Å². The highest BCUT2D eigenvalue weighted by molar-refractivity contribution is 5.99. The van der Waals surface area contributed by atoms with E-state index in [9.17, 15) is 4.79 Å². The molecule has 3 heterocycles. The second-order valence-electron chi connectivity index (χ2n) is 6.83. The maximum absolute atomic E-state index is 12.3. The van der Waals surface area contributed by atoms with Crippen LogP contribution < -0.4 is 16.0 Å². The van der Waals surface area contributed by atoms with Crippen molar-refractivity contribution in [2.45, 2.75) is 6.42 Å². The Kier molecular flexibility index (Phi) is 6.57. The lowest BCUT2D eigenvalue weighted by atomic mass is 10.2. The molecule has 0 radical (unpaired) electrons. The van der Waals surface area contributed by atoms with Crippen LogP contribution in [0.3, 0.4) is 0 Å². The molecule has 1 aromatic carbocycles. The van der Waals surface area contributed by atoms with Crippen LogP contribution in [0.4, 0.5) is 17.6 Å². The average Bonchev–Trinajstić information content (AvgIpc) is 2.85. The molecule has 0 aliphatic heterocycles. The minimum Gasteiger partial charge on any atom is -0.355 e. The minimum absolute atomic E-state index is 0.295. The highest BCUT2D eigenvalue weighted by atomic mass is 16.1. The smallest absolute Gasteiger partial charge is 0.256 e. The van der Waals surface area contributed by atoms with Gasteiger partial charge in [0.15, 0.2) is 5.82 Å². The van der Waals surface area contributed by atoms with Crippen molar-refractivity contribution in [3.05, 3.63) is 84.4 Å². The molecule has 0 saturated heterocycles. The standard InChI is InChI=1S/C23H22N8O/c1-24-22(32)18-15-28-20(17-7-3-2-4-8-17)31-21(18)29-19-10-13-27-23(30-19)26-12-9-16-6-5-11-25-14-16/h2-8,10-11,13-15H,9,12H2,1H3,(H,24,32)(H2,26,27,28,29,30,31). The number of amides is 1. The molecule has 0 unspecified atom stereocenters. The molecule has 0 spiro atoms. The second-order valence-corrected chi connectivity index (χ2v) is 6.83. The Labute approximate surface area is 185 Å². The van der Waals surface area contributed by atoms with Gasteiger partial charge in [0.25, 0.3) is 5.91 Å². The summed E-state index contributed by atoms with van der Waals surface area (Å²) in [6.45, 7) is 0.657. The molecule has 160 valence electrons. The Morgan fingerprint density at radius 1 is 0.938 bits per heavy atom. The molecule has 4 aromatic rings. The fraction of sp³-hybridized carbons (Fsp3) is 0.130. The van der Waals surface area contributed by atoms with Crippen LogP contribution in [0.25, 0.3) is 11.4 Å². The van der Waals surface area contributed by atoms with E-state index in [4.69, 9.17) is 0 Å². The van der Waals surface area contributed by atoms with Crippen LogP contribution in [-0.2, 0) is 6.42 Å². The predicted molar refractivity (Wildman–Crippen MR) is 123 cm³/mol. The molecule has 0 atom stereocenters. The van der Waals surface area contributed by atoms with Crippen molar-refractivity contribution >= 4 is 23.5 Å². The number of nitrogens with zero attached hydrogens (tertiary/aromatic N) is 5.